The molecule has 208 valence electrons. The van der Waals surface area contributed by atoms with E-state index in [2.05, 4.69) is 9.88 Å². The fourth-order valence-corrected chi connectivity index (χ4v) is 5.05. The SMILES string of the molecule is CCOC(=O)CC1CCOc2cnc(OCC3CCN(c4cc(OC)ccc4CCC(F)(F)F)CC3)cc21. The van der Waals surface area contributed by atoms with Crippen LogP contribution in [0.15, 0.2) is 30.5 Å². The van der Waals surface area contributed by atoms with Crippen LogP contribution in [0.25, 0.3) is 0 Å². The number of esters is 1. The van der Waals surface area contributed by atoms with Crippen molar-refractivity contribution in [1.29, 1.82) is 0 Å². The maximum Gasteiger partial charge on any atom is 0.389 e. The number of hydrogen-bond donors (Lipinski definition) is 0. The molecule has 2 aliphatic rings. The Hall–Kier alpha value is -3.17. The smallest absolute Gasteiger partial charge is 0.389 e. The molecule has 0 N–H and O–H groups in total. The summed E-state index contributed by atoms with van der Waals surface area (Å²) in [5.74, 6) is 1.86. The summed E-state index contributed by atoms with van der Waals surface area (Å²) in [7, 11) is 1.55. The second kappa shape index (κ2) is 12.6. The Bertz CT molecular complexity index is 1090. The molecule has 0 amide bonds. The second-order valence-electron chi connectivity index (χ2n) is 9.75. The van der Waals surface area contributed by atoms with E-state index in [-0.39, 0.29) is 18.3 Å². The highest BCUT2D eigenvalue weighted by atomic mass is 19.4. The maximum absolute atomic E-state index is 12.9. The molecule has 10 heteroatoms. The van der Waals surface area contributed by atoms with Gasteiger partial charge in [-0.25, -0.2) is 4.98 Å². The molecule has 2 aliphatic heterocycles. The van der Waals surface area contributed by atoms with Crippen LogP contribution >= 0.6 is 0 Å². The molecule has 0 bridgehead atoms. The van der Waals surface area contributed by atoms with Crippen LogP contribution in [0.2, 0.25) is 0 Å². The van der Waals surface area contributed by atoms with Crippen LogP contribution < -0.4 is 19.1 Å². The topological polar surface area (TPSA) is 70.1 Å². The Morgan fingerprint density at radius 2 is 1.97 bits per heavy atom. The third-order valence-electron chi connectivity index (χ3n) is 7.15. The van der Waals surface area contributed by atoms with Crippen LogP contribution in [-0.2, 0) is 16.0 Å². The number of hydrogen-bond acceptors (Lipinski definition) is 7. The van der Waals surface area contributed by atoms with Gasteiger partial charge in [0.15, 0.2) is 0 Å². The van der Waals surface area contributed by atoms with E-state index >= 15 is 0 Å². The van der Waals surface area contributed by atoms with Crippen LogP contribution in [0.1, 0.15) is 56.1 Å². The van der Waals surface area contributed by atoms with Crippen LogP contribution in [-0.4, -0.2) is 57.1 Å². The predicted molar refractivity (Wildman–Crippen MR) is 136 cm³/mol. The summed E-state index contributed by atoms with van der Waals surface area (Å²) in [6.07, 6.45) is -0.755. The number of benzene rings is 1. The number of alkyl halides is 3. The first kappa shape index (κ1) is 27.9. The van der Waals surface area contributed by atoms with Crippen molar-refractivity contribution in [3.8, 4) is 17.4 Å². The molecule has 0 aliphatic carbocycles. The van der Waals surface area contributed by atoms with Crippen LogP contribution in [0.3, 0.4) is 0 Å². The van der Waals surface area contributed by atoms with Gasteiger partial charge in [-0.1, -0.05) is 6.07 Å². The first-order chi connectivity index (χ1) is 18.3. The van der Waals surface area contributed by atoms with Crippen molar-refractivity contribution >= 4 is 11.7 Å². The van der Waals surface area contributed by atoms with E-state index in [0.29, 0.717) is 68.2 Å². The molecule has 1 fully saturated rings. The number of rotatable bonds is 10. The zero-order valence-corrected chi connectivity index (χ0v) is 21.9. The minimum Gasteiger partial charge on any atom is -0.497 e. The molecule has 1 aromatic carbocycles. The average molecular weight is 537 g/mol. The molecule has 3 heterocycles. The molecule has 0 saturated carbocycles. The second-order valence-corrected chi connectivity index (χ2v) is 9.75. The lowest BCUT2D eigenvalue weighted by Crippen LogP contribution is -2.36. The van der Waals surface area contributed by atoms with Gasteiger partial charge in [-0.05, 0) is 50.2 Å². The highest BCUT2D eigenvalue weighted by Gasteiger charge is 2.29. The standard InChI is InChI=1S/C28H35F3N2O5/c1-3-36-27(34)14-21-9-13-37-25-17-32-26(16-23(21)25)38-18-19-7-11-33(12-8-19)24-15-22(35-2)5-4-20(24)6-10-28(29,30)31/h4-5,15-17,19,21H,3,6-14,18H2,1-2H3. The summed E-state index contributed by atoms with van der Waals surface area (Å²) in [5, 5.41) is 0. The Morgan fingerprint density at radius 1 is 1.18 bits per heavy atom. The van der Waals surface area contributed by atoms with E-state index in [9.17, 15) is 18.0 Å². The number of halogens is 3. The lowest BCUT2D eigenvalue weighted by atomic mass is 9.91. The van der Waals surface area contributed by atoms with E-state index in [1.54, 1.807) is 32.4 Å². The number of piperidine rings is 1. The predicted octanol–water partition coefficient (Wildman–Crippen LogP) is 5.70. The zero-order valence-electron chi connectivity index (χ0n) is 21.9. The summed E-state index contributed by atoms with van der Waals surface area (Å²) in [4.78, 5) is 18.6. The highest BCUT2D eigenvalue weighted by molar-refractivity contribution is 5.71. The Labute approximate surface area is 221 Å². The number of ether oxygens (including phenoxy) is 4. The molecule has 1 atom stereocenters. The molecule has 38 heavy (non-hydrogen) atoms. The molecule has 0 spiro atoms. The molecule has 4 rings (SSSR count). The van der Waals surface area contributed by atoms with Crippen LogP contribution in [0, 0.1) is 5.92 Å². The molecule has 0 radical (unpaired) electrons. The number of aryl methyl sites for hydroxylation is 1. The van der Waals surface area contributed by atoms with Gasteiger partial charge >= 0.3 is 12.1 Å². The summed E-state index contributed by atoms with van der Waals surface area (Å²) in [5.41, 5.74) is 2.39. The van der Waals surface area contributed by atoms with Gasteiger partial charge in [-0.3, -0.25) is 4.79 Å². The minimum atomic E-state index is -4.20. The van der Waals surface area contributed by atoms with Gasteiger partial charge in [0.2, 0.25) is 5.88 Å². The highest BCUT2D eigenvalue weighted by Crippen LogP contribution is 2.38. The number of pyridine rings is 1. The first-order valence-electron chi connectivity index (χ1n) is 13.2. The molecular weight excluding hydrogens is 501 g/mol. The summed E-state index contributed by atoms with van der Waals surface area (Å²) in [6, 6.07) is 7.13. The van der Waals surface area contributed by atoms with Gasteiger partial charge in [0.05, 0.1) is 39.5 Å². The fourth-order valence-electron chi connectivity index (χ4n) is 5.05. The van der Waals surface area contributed by atoms with Crippen LogP contribution in [0.4, 0.5) is 18.9 Å². The van der Waals surface area contributed by atoms with Crippen LogP contribution in [0.5, 0.6) is 17.4 Å². The van der Waals surface area contributed by atoms with Gasteiger partial charge < -0.3 is 23.8 Å². The van der Waals surface area contributed by atoms with Crippen molar-refractivity contribution in [1.82, 2.24) is 4.98 Å². The third-order valence-corrected chi connectivity index (χ3v) is 7.15. The van der Waals surface area contributed by atoms with Crippen molar-refractivity contribution in [2.24, 2.45) is 5.92 Å². The van der Waals surface area contributed by atoms with Gasteiger partial charge in [0.1, 0.15) is 11.5 Å². The Morgan fingerprint density at radius 3 is 2.68 bits per heavy atom. The molecular formula is C28H35F3N2O5. The van der Waals surface area contributed by atoms with Gasteiger partial charge in [-0.15, -0.1) is 0 Å². The van der Waals surface area contributed by atoms with Crippen molar-refractivity contribution in [3.05, 3.63) is 41.6 Å². The van der Waals surface area contributed by atoms with E-state index < -0.39 is 12.6 Å². The number of carbonyl (C=O) groups excluding carboxylic acids is 1. The summed E-state index contributed by atoms with van der Waals surface area (Å²) in [6.45, 7) is 4.59. The molecule has 2 aromatic rings. The largest absolute Gasteiger partial charge is 0.497 e. The average Bonchev–Trinajstić information content (AvgIpc) is 2.91. The van der Waals surface area contributed by atoms with E-state index in [0.717, 1.165) is 30.5 Å². The zero-order chi connectivity index (χ0) is 27.1. The molecule has 1 unspecified atom stereocenters. The van der Waals surface area contributed by atoms with Crippen molar-refractivity contribution in [3.63, 3.8) is 0 Å². The normalized spacial score (nSPS) is 17.9. The molecule has 7 nitrogen and oxygen atoms in total. The van der Waals surface area contributed by atoms with Crippen molar-refractivity contribution < 1.29 is 36.9 Å². The van der Waals surface area contributed by atoms with Gasteiger partial charge in [-0.2, -0.15) is 13.2 Å². The third kappa shape index (κ3) is 7.45. The molecule has 1 saturated heterocycles. The Kier molecular flexibility index (Phi) is 9.22. The lowest BCUT2D eigenvalue weighted by molar-refractivity contribution is -0.143. The van der Waals surface area contributed by atoms with E-state index in [4.69, 9.17) is 18.9 Å². The number of nitrogens with zero attached hydrogens (tertiary/aromatic N) is 2. The number of carbonyl (C=O) groups is 1. The van der Waals surface area contributed by atoms with E-state index in [1.165, 1.54) is 0 Å². The number of methoxy groups -OCH3 is 1. The quantitative estimate of drug-likeness (QED) is 0.361. The lowest BCUT2D eigenvalue weighted by Gasteiger charge is -2.35. The van der Waals surface area contributed by atoms with Gasteiger partial charge in [0, 0.05) is 48.8 Å². The van der Waals surface area contributed by atoms with Crippen molar-refractivity contribution in [2.75, 3.05) is 44.9 Å². The fraction of sp³-hybridized carbons (Fsp3) is 0.571. The van der Waals surface area contributed by atoms with Crippen molar-refractivity contribution in [2.45, 2.75) is 57.5 Å². The number of anilines is 1. The summed E-state index contributed by atoms with van der Waals surface area (Å²) < 4.78 is 60.8. The monoisotopic (exact) mass is 536 g/mol. The maximum atomic E-state index is 12.9. The van der Waals surface area contributed by atoms with Gasteiger partial charge in [0.25, 0.3) is 0 Å². The minimum absolute atomic E-state index is 0.000735. The Balaban J connectivity index is 1.34. The van der Waals surface area contributed by atoms with E-state index in [1.807, 2.05) is 12.1 Å². The number of aromatic nitrogens is 1. The first-order valence-corrected chi connectivity index (χ1v) is 13.2. The summed E-state index contributed by atoms with van der Waals surface area (Å²) >= 11 is 0. The number of fused-ring (bicyclic) bond motifs is 1. The molecule has 1 aromatic heterocycles.